The number of aryl methyl sites for hydroxylation is 2. The van der Waals surface area contributed by atoms with Gasteiger partial charge in [-0.15, -0.1) is 0 Å². The lowest BCUT2D eigenvalue weighted by Gasteiger charge is -2.35. The highest BCUT2D eigenvalue weighted by Gasteiger charge is 2.47. The Morgan fingerprint density at radius 1 is 1.25 bits per heavy atom. The van der Waals surface area contributed by atoms with E-state index in [1.807, 2.05) is 6.92 Å². The summed E-state index contributed by atoms with van der Waals surface area (Å²) in [6.07, 6.45) is -0.622. The van der Waals surface area contributed by atoms with E-state index in [4.69, 9.17) is 4.74 Å². The van der Waals surface area contributed by atoms with Crippen molar-refractivity contribution >= 4 is 21.7 Å². The molecule has 0 fully saturated rings. The van der Waals surface area contributed by atoms with Gasteiger partial charge in [0.25, 0.3) is 11.8 Å². The zero-order valence-corrected chi connectivity index (χ0v) is 22.4. The van der Waals surface area contributed by atoms with Gasteiger partial charge in [-0.25, -0.2) is 18.1 Å². The number of pyridine rings is 1. The topological polar surface area (TPSA) is 132 Å². The number of hydrogen-bond donors (Lipinski definition) is 2. The van der Waals surface area contributed by atoms with E-state index >= 15 is 0 Å². The van der Waals surface area contributed by atoms with E-state index in [1.54, 1.807) is 30.5 Å². The predicted octanol–water partition coefficient (Wildman–Crippen LogP) is 2.42. The summed E-state index contributed by atoms with van der Waals surface area (Å²) in [5, 5.41) is 10.2. The Bertz CT molecular complexity index is 1600. The number of halogens is 3. The van der Waals surface area contributed by atoms with Gasteiger partial charge < -0.3 is 15.4 Å². The number of fused-ring (bicyclic) bond motifs is 3. The summed E-state index contributed by atoms with van der Waals surface area (Å²) in [5.41, 5.74) is 1.84. The number of benzene rings is 1. The molecule has 1 aromatic carbocycles. The number of carbonyl (C=O) groups excluding carboxylic acids is 2. The van der Waals surface area contributed by atoms with Crippen molar-refractivity contribution in [1.82, 2.24) is 25.4 Å². The molecule has 1 spiro atoms. The van der Waals surface area contributed by atoms with Crippen molar-refractivity contribution in [1.29, 1.82) is 0 Å². The highest BCUT2D eigenvalue weighted by Crippen LogP contribution is 2.44. The fraction of sp³-hybridized carbons (Fsp3) is 0.385. The van der Waals surface area contributed by atoms with Gasteiger partial charge in [0.15, 0.2) is 12.4 Å². The zero-order chi connectivity index (χ0) is 28.9. The third-order valence-electron chi connectivity index (χ3n) is 6.91. The molecule has 0 radical (unpaired) electrons. The number of ether oxygens (including phenoxy) is 1. The Hall–Kier alpha value is -3.94. The number of hydrogen-bond acceptors (Lipinski definition) is 7. The van der Waals surface area contributed by atoms with Gasteiger partial charge in [-0.05, 0) is 54.7 Å². The molecular weight excluding hydrogens is 551 g/mol. The van der Waals surface area contributed by atoms with E-state index in [0.717, 1.165) is 22.9 Å². The van der Waals surface area contributed by atoms with E-state index in [9.17, 15) is 31.2 Å². The first-order chi connectivity index (χ1) is 18.7. The van der Waals surface area contributed by atoms with Crippen LogP contribution in [0.4, 0.5) is 13.2 Å². The van der Waals surface area contributed by atoms with E-state index in [2.05, 4.69) is 20.7 Å². The molecular formula is C26H26F3N5O5S. The Balaban J connectivity index is 1.50. The molecule has 40 heavy (non-hydrogen) atoms. The Kier molecular flexibility index (Phi) is 6.84. The molecule has 2 amide bonds. The maximum atomic E-state index is 13.6. The van der Waals surface area contributed by atoms with Gasteiger partial charge in [0.1, 0.15) is 21.3 Å². The van der Waals surface area contributed by atoms with Gasteiger partial charge >= 0.3 is 6.18 Å². The van der Waals surface area contributed by atoms with Crippen molar-refractivity contribution in [3.8, 4) is 11.6 Å². The maximum Gasteiger partial charge on any atom is 0.422 e. The third kappa shape index (κ3) is 5.53. The number of nitrogens with zero attached hydrogens (tertiary/aromatic N) is 3. The average Bonchev–Trinajstić information content (AvgIpc) is 3.41. The summed E-state index contributed by atoms with van der Waals surface area (Å²) in [6, 6.07) is 8.07. The molecule has 3 heterocycles. The van der Waals surface area contributed by atoms with Gasteiger partial charge in [-0.3, -0.25) is 9.59 Å². The van der Waals surface area contributed by atoms with E-state index in [1.165, 1.54) is 10.7 Å². The predicted molar refractivity (Wildman–Crippen MR) is 137 cm³/mol. The summed E-state index contributed by atoms with van der Waals surface area (Å²) in [6.45, 7) is 0.283. The largest absolute Gasteiger partial charge is 0.484 e. The molecule has 212 valence electrons. The smallest absolute Gasteiger partial charge is 0.422 e. The van der Waals surface area contributed by atoms with Crippen LogP contribution in [0, 0.1) is 6.92 Å². The van der Waals surface area contributed by atoms with Crippen molar-refractivity contribution in [2.75, 3.05) is 25.2 Å². The van der Waals surface area contributed by atoms with Crippen molar-refractivity contribution < 1.29 is 35.9 Å². The molecule has 0 unspecified atom stereocenters. The van der Waals surface area contributed by atoms with Crippen LogP contribution in [-0.4, -0.2) is 66.3 Å². The number of alkyl halides is 3. The second kappa shape index (κ2) is 9.91. The van der Waals surface area contributed by atoms with Crippen molar-refractivity contribution in [3.05, 3.63) is 70.2 Å². The molecule has 2 aliphatic rings. The van der Waals surface area contributed by atoms with Crippen LogP contribution in [0.3, 0.4) is 0 Å². The van der Waals surface area contributed by atoms with Gasteiger partial charge in [-0.2, -0.15) is 18.3 Å². The van der Waals surface area contributed by atoms with Crippen molar-refractivity contribution in [2.45, 2.75) is 37.9 Å². The SMILES string of the molecule is Cc1ccc(-n2nc3c(c2C(=O)NCCS(C)(=O)=O)C(=O)N[C@@]2(CCc4cc(OCC(F)(F)F)ccc42)C3)nc1. The minimum absolute atomic E-state index is 0.0587. The summed E-state index contributed by atoms with van der Waals surface area (Å²) < 4.78 is 67.1. The van der Waals surface area contributed by atoms with Crippen LogP contribution in [0.1, 0.15) is 49.7 Å². The Morgan fingerprint density at radius 3 is 2.70 bits per heavy atom. The van der Waals surface area contributed by atoms with Crippen LogP contribution < -0.4 is 15.4 Å². The van der Waals surface area contributed by atoms with Crippen LogP contribution in [0.5, 0.6) is 5.75 Å². The molecule has 1 aliphatic carbocycles. The van der Waals surface area contributed by atoms with E-state index in [0.29, 0.717) is 24.4 Å². The van der Waals surface area contributed by atoms with Crippen LogP contribution in [0.15, 0.2) is 36.5 Å². The third-order valence-corrected chi connectivity index (χ3v) is 7.85. The first kappa shape index (κ1) is 27.6. The molecule has 1 atom stereocenters. The number of sulfone groups is 1. The quantitative estimate of drug-likeness (QED) is 0.441. The fourth-order valence-electron chi connectivity index (χ4n) is 5.12. The van der Waals surface area contributed by atoms with Gasteiger partial charge in [0.05, 0.1) is 22.5 Å². The standard InChI is InChI=1S/C26H26F3N5O5S/c1-15-3-6-20(31-13-15)34-22(24(36)30-9-10-40(2,37)38)21-19(33-34)12-25(32-23(21)35)8-7-16-11-17(4-5-18(16)25)39-14-26(27,28)29/h3-6,11,13H,7-10,12,14H2,1-2H3,(H,30,36)(H,32,35)/t25-/m0/s1. The van der Waals surface area contributed by atoms with E-state index < -0.39 is 40.0 Å². The van der Waals surface area contributed by atoms with Crippen LogP contribution in [-0.2, 0) is 28.2 Å². The molecule has 0 saturated carbocycles. The van der Waals surface area contributed by atoms with Crippen molar-refractivity contribution in [2.24, 2.45) is 0 Å². The minimum Gasteiger partial charge on any atom is -0.484 e. The number of carbonyl (C=O) groups is 2. The normalized spacial score (nSPS) is 18.3. The van der Waals surface area contributed by atoms with E-state index in [-0.39, 0.29) is 35.7 Å². The Labute approximate surface area is 227 Å². The zero-order valence-electron chi connectivity index (χ0n) is 21.6. The number of nitrogens with one attached hydrogen (secondary N) is 2. The molecule has 5 rings (SSSR count). The summed E-state index contributed by atoms with van der Waals surface area (Å²) >= 11 is 0. The first-order valence-electron chi connectivity index (χ1n) is 12.4. The van der Waals surface area contributed by atoms with Crippen LogP contribution in [0.25, 0.3) is 5.82 Å². The molecule has 14 heteroatoms. The van der Waals surface area contributed by atoms with Gasteiger partial charge in [0.2, 0.25) is 0 Å². The number of rotatable bonds is 7. The molecule has 0 saturated heterocycles. The molecule has 0 bridgehead atoms. The summed E-state index contributed by atoms with van der Waals surface area (Å²) in [4.78, 5) is 31.2. The molecule has 10 nitrogen and oxygen atoms in total. The van der Waals surface area contributed by atoms with Crippen LogP contribution >= 0.6 is 0 Å². The number of aromatic nitrogens is 3. The summed E-state index contributed by atoms with van der Waals surface area (Å²) in [7, 11) is -3.33. The second-order valence-corrected chi connectivity index (χ2v) is 12.4. The lowest BCUT2D eigenvalue weighted by molar-refractivity contribution is -0.153. The van der Waals surface area contributed by atoms with Crippen LogP contribution in [0.2, 0.25) is 0 Å². The lowest BCUT2D eigenvalue weighted by Crippen LogP contribution is -2.50. The molecule has 1 aliphatic heterocycles. The first-order valence-corrected chi connectivity index (χ1v) is 14.5. The lowest BCUT2D eigenvalue weighted by atomic mass is 9.82. The fourth-order valence-corrected chi connectivity index (χ4v) is 5.60. The van der Waals surface area contributed by atoms with Gasteiger partial charge in [0, 0.05) is 25.4 Å². The second-order valence-electron chi connectivity index (χ2n) is 10.1. The summed E-state index contributed by atoms with van der Waals surface area (Å²) in [5.74, 6) is -1.12. The molecule has 2 aromatic heterocycles. The number of amides is 2. The average molecular weight is 578 g/mol. The monoisotopic (exact) mass is 577 g/mol. The molecule has 3 aromatic rings. The maximum absolute atomic E-state index is 13.6. The highest BCUT2D eigenvalue weighted by molar-refractivity contribution is 7.90. The minimum atomic E-state index is -4.46. The molecule has 2 N–H and O–H groups in total. The van der Waals surface area contributed by atoms with Crippen molar-refractivity contribution in [3.63, 3.8) is 0 Å². The van der Waals surface area contributed by atoms with Gasteiger partial charge in [-0.1, -0.05) is 12.1 Å². The highest BCUT2D eigenvalue weighted by atomic mass is 32.2. The Morgan fingerprint density at radius 2 is 2.02 bits per heavy atom.